The zero-order chi connectivity index (χ0) is 16.2. The van der Waals surface area contributed by atoms with Crippen LogP contribution in [0.3, 0.4) is 0 Å². The third-order valence-corrected chi connectivity index (χ3v) is 3.67. The van der Waals surface area contributed by atoms with Gasteiger partial charge in [0.2, 0.25) is 0 Å². The average molecular weight is 310 g/mol. The van der Waals surface area contributed by atoms with Crippen molar-refractivity contribution in [2.45, 2.75) is 18.9 Å². The number of ether oxygens (including phenoxy) is 1. The highest BCUT2D eigenvalue weighted by Crippen LogP contribution is 2.21. The minimum atomic E-state index is -0.925. The lowest BCUT2D eigenvalue weighted by Gasteiger charge is -2.25. The predicted molar refractivity (Wildman–Crippen MR) is 77.1 cm³/mol. The molecule has 1 amide bonds. The van der Waals surface area contributed by atoms with E-state index in [2.05, 4.69) is 5.32 Å². The van der Waals surface area contributed by atoms with Gasteiger partial charge in [0.15, 0.2) is 6.61 Å². The van der Waals surface area contributed by atoms with Crippen LogP contribution >= 0.6 is 0 Å². The molecule has 1 aliphatic heterocycles. The monoisotopic (exact) mass is 310 g/mol. The molecule has 1 saturated heterocycles. The Morgan fingerprint density at radius 1 is 1.41 bits per heavy atom. The van der Waals surface area contributed by atoms with Crippen molar-refractivity contribution in [2.24, 2.45) is 0 Å². The highest BCUT2D eigenvalue weighted by molar-refractivity contribution is 5.78. The summed E-state index contributed by atoms with van der Waals surface area (Å²) in [4.78, 5) is 24.3. The van der Waals surface area contributed by atoms with E-state index in [4.69, 9.17) is 9.84 Å². The molecule has 1 aliphatic rings. The van der Waals surface area contributed by atoms with Crippen LogP contribution in [0, 0.1) is 5.82 Å². The summed E-state index contributed by atoms with van der Waals surface area (Å²) in [5.41, 5.74) is -0.399. The maximum atomic E-state index is 12.8. The van der Waals surface area contributed by atoms with Crippen molar-refractivity contribution in [1.29, 1.82) is 0 Å². The van der Waals surface area contributed by atoms with Crippen molar-refractivity contribution in [3.8, 4) is 5.75 Å². The van der Waals surface area contributed by atoms with Gasteiger partial charge in [0.25, 0.3) is 5.91 Å². The Morgan fingerprint density at radius 2 is 2.09 bits per heavy atom. The van der Waals surface area contributed by atoms with Gasteiger partial charge >= 0.3 is 5.97 Å². The van der Waals surface area contributed by atoms with E-state index >= 15 is 0 Å². The number of rotatable bonds is 6. The molecule has 2 N–H and O–H groups in total. The van der Waals surface area contributed by atoms with E-state index in [-0.39, 0.29) is 24.9 Å². The first-order valence-corrected chi connectivity index (χ1v) is 7.01. The fraction of sp³-hybridized carbons (Fsp3) is 0.467. The molecule has 1 heterocycles. The van der Waals surface area contributed by atoms with Crippen LogP contribution in [0.25, 0.3) is 0 Å². The SMILES string of the molecule is CC1(NCC(=O)O)CCN(C(=O)COc2ccc(F)cc2)C1. The first-order valence-electron chi connectivity index (χ1n) is 7.01. The third kappa shape index (κ3) is 4.42. The summed E-state index contributed by atoms with van der Waals surface area (Å²) in [6, 6.07) is 5.46. The van der Waals surface area contributed by atoms with E-state index in [0.717, 1.165) is 0 Å². The van der Waals surface area contributed by atoms with E-state index < -0.39 is 11.5 Å². The molecule has 1 fully saturated rings. The number of carbonyl (C=O) groups is 2. The van der Waals surface area contributed by atoms with Crippen LogP contribution in [0.5, 0.6) is 5.75 Å². The van der Waals surface area contributed by atoms with Gasteiger partial charge in [-0.1, -0.05) is 0 Å². The third-order valence-electron chi connectivity index (χ3n) is 3.67. The molecule has 0 saturated carbocycles. The lowest BCUT2D eigenvalue weighted by molar-refractivity contribution is -0.136. The number of hydrogen-bond acceptors (Lipinski definition) is 4. The molecule has 1 unspecified atom stereocenters. The first kappa shape index (κ1) is 16.2. The Bertz CT molecular complexity index is 549. The number of hydrogen-bond donors (Lipinski definition) is 2. The summed E-state index contributed by atoms with van der Waals surface area (Å²) in [5.74, 6) is -1.03. The number of carboxylic acids is 1. The van der Waals surface area contributed by atoms with Gasteiger partial charge in [-0.25, -0.2) is 4.39 Å². The number of nitrogens with zero attached hydrogens (tertiary/aromatic N) is 1. The number of amides is 1. The van der Waals surface area contributed by atoms with Gasteiger partial charge in [0.05, 0.1) is 6.54 Å². The van der Waals surface area contributed by atoms with Gasteiger partial charge in [0.1, 0.15) is 11.6 Å². The standard InChI is InChI=1S/C15H19FN2O4/c1-15(17-8-14(20)21)6-7-18(10-15)13(19)9-22-12-4-2-11(16)3-5-12/h2-5,17H,6-10H2,1H3,(H,20,21). The quantitative estimate of drug-likeness (QED) is 0.815. The molecule has 1 aromatic rings. The second-order valence-electron chi connectivity index (χ2n) is 5.62. The zero-order valence-corrected chi connectivity index (χ0v) is 12.3. The van der Waals surface area contributed by atoms with Crippen molar-refractivity contribution in [3.63, 3.8) is 0 Å². The molecule has 120 valence electrons. The molecule has 0 radical (unpaired) electrons. The summed E-state index contributed by atoms with van der Waals surface area (Å²) in [6.45, 7) is 2.62. The van der Waals surface area contributed by atoms with Gasteiger partial charge in [-0.3, -0.25) is 14.9 Å². The van der Waals surface area contributed by atoms with Crippen LogP contribution in [0.15, 0.2) is 24.3 Å². The topological polar surface area (TPSA) is 78.9 Å². The molecule has 0 bridgehead atoms. The van der Waals surface area contributed by atoms with Crippen molar-refractivity contribution < 1.29 is 23.8 Å². The summed E-state index contributed by atoms with van der Waals surface area (Å²) >= 11 is 0. The molecular formula is C15H19FN2O4. The summed E-state index contributed by atoms with van der Waals surface area (Å²) in [7, 11) is 0. The number of halogens is 1. The second-order valence-corrected chi connectivity index (χ2v) is 5.62. The first-order chi connectivity index (χ1) is 10.4. The van der Waals surface area contributed by atoms with Crippen molar-refractivity contribution in [1.82, 2.24) is 10.2 Å². The molecule has 7 heteroatoms. The van der Waals surface area contributed by atoms with Gasteiger partial charge in [0, 0.05) is 18.6 Å². The Kier molecular flexibility index (Phi) is 4.97. The Balaban J connectivity index is 1.81. The molecule has 1 aromatic carbocycles. The Morgan fingerprint density at radius 3 is 2.73 bits per heavy atom. The van der Waals surface area contributed by atoms with E-state index in [1.807, 2.05) is 6.92 Å². The summed E-state index contributed by atoms with van der Waals surface area (Å²) in [5, 5.41) is 11.6. The number of likely N-dealkylation sites (tertiary alicyclic amines) is 1. The minimum absolute atomic E-state index is 0.124. The van der Waals surface area contributed by atoms with Crippen LogP contribution in [0.4, 0.5) is 4.39 Å². The zero-order valence-electron chi connectivity index (χ0n) is 12.3. The Hall–Kier alpha value is -2.15. The van der Waals surface area contributed by atoms with Crippen molar-refractivity contribution >= 4 is 11.9 Å². The number of benzene rings is 1. The molecule has 0 aromatic heterocycles. The van der Waals surface area contributed by atoms with Crippen LogP contribution in [0.1, 0.15) is 13.3 Å². The van der Waals surface area contributed by atoms with E-state index in [0.29, 0.717) is 25.3 Å². The number of carbonyl (C=O) groups excluding carboxylic acids is 1. The van der Waals surface area contributed by atoms with Crippen molar-refractivity contribution in [2.75, 3.05) is 26.2 Å². The smallest absolute Gasteiger partial charge is 0.317 e. The summed E-state index contributed by atoms with van der Waals surface area (Å²) < 4.78 is 18.1. The maximum Gasteiger partial charge on any atom is 0.317 e. The molecule has 2 rings (SSSR count). The largest absolute Gasteiger partial charge is 0.484 e. The number of carboxylic acid groups (broad SMARTS) is 1. The van der Waals surface area contributed by atoms with E-state index in [1.54, 1.807) is 4.90 Å². The second kappa shape index (κ2) is 6.74. The molecule has 0 aliphatic carbocycles. The average Bonchev–Trinajstić information content (AvgIpc) is 2.87. The van der Waals surface area contributed by atoms with E-state index in [1.165, 1.54) is 24.3 Å². The van der Waals surface area contributed by atoms with Crippen LogP contribution < -0.4 is 10.1 Å². The lowest BCUT2D eigenvalue weighted by atomic mass is 10.0. The molecule has 6 nitrogen and oxygen atoms in total. The number of aliphatic carboxylic acids is 1. The van der Waals surface area contributed by atoms with Crippen LogP contribution in [-0.4, -0.2) is 53.7 Å². The van der Waals surface area contributed by atoms with Crippen molar-refractivity contribution in [3.05, 3.63) is 30.1 Å². The fourth-order valence-electron chi connectivity index (χ4n) is 2.37. The minimum Gasteiger partial charge on any atom is -0.484 e. The summed E-state index contributed by atoms with van der Waals surface area (Å²) in [6.07, 6.45) is 0.683. The highest BCUT2D eigenvalue weighted by atomic mass is 19.1. The predicted octanol–water partition coefficient (Wildman–Crippen LogP) is 0.870. The van der Waals surface area contributed by atoms with E-state index in [9.17, 15) is 14.0 Å². The van der Waals surface area contributed by atoms with Gasteiger partial charge in [-0.05, 0) is 37.6 Å². The fourth-order valence-corrected chi connectivity index (χ4v) is 2.37. The van der Waals surface area contributed by atoms with Crippen LogP contribution in [0.2, 0.25) is 0 Å². The number of nitrogens with one attached hydrogen (secondary N) is 1. The van der Waals surface area contributed by atoms with Crippen LogP contribution in [-0.2, 0) is 9.59 Å². The molecule has 1 atom stereocenters. The van der Waals surface area contributed by atoms with Gasteiger partial charge < -0.3 is 14.7 Å². The molecule has 22 heavy (non-hydrogen) atoms. The van der Waals surface area contributed by atoms with Gasteiger partial charge in [-0.2, -0.15) is 0 Å². The lowest BCUT2D eigenvalue weighted by Crippen LogP contribution is -2.48. The maximum absolute atomic E-state index is 12.8. The molecular weight excluding hydrogens is 291 g/mol. The Labute approximate surface area is 127 Å². The molecule has 0 spiro atoms. The highest BCUT2D eigenvalue weighted by Gasteiger charge is 2.36. The van der Waals surface area contributed by atoms with Gasteiger partial charge in [-0.15, -0.1) is 0 Å². The normalized spacial score (nSPS) is 20.9.